The van der Waals surface area contributed by atoms with Crippen molar-refractivity contribution in [1.82, 2.24) is 10.6 Å². The topological polar surface area (TPSA) is 64.1 Å². The van der Waals surface area contributed by atoms with Crippen molar-refractivity contribution in [3.8, 4) is 11.5 Å². The van der Waals surface area contributed by atoms with E-state index in [2.05, 4.69) is 15.6 Å². The second-order valence-corrected chi connectivity index (χ2v) is 7.56. The van der Waals surface area contributed by atoms with Crippen LogP contribution in [0.25, 0.3) is 0 Å². The number of fused-ring (bicyclic) bond motifs is 2. The molecule has 2 N–H and O–H groups in total. The third-order valence-corrected chi connectivity index (χ3v) is 6.49. The number of benzene rings is 1. The monoisotopic (exact) mass is 359 g/mol. The van der Waals surface area contributed by atoms with Crippen LogP contribution >= 0.6 is 0 Å². The van der Waals surface area contributed by atoms with Gasteiger partial charge in [0.15, 0.2) is 5.96 Å². The molecule has 0 radical (unpaired) electrons. The molecule has 3 fully saturated rings. The van der Waals surface area contributed by atoms with Gasteiger partial charge in [-0.1, -0.05) is 6.42 Å². The maximum atomic E-state index is 6.01. The standard InChI is InChI=1S/C20H29N3O3/c1-21-19(22-12-13-5-6-14(24-2)11-16(13)25-3)23-17-15-7-10-26-18(15)20(17)8-4-9-20/h5-6,11,15,17-18H,4,7-10,12H2,1-3H3,(H2,21,22,23). The van der Waals surface area contributed by atoms with Crippen molar-refractivity contribution in [1.29, 1.82) is 0 Å². The lowest BCUT2D eigenvalue weighted by Gasteiger charge is -2.63. The van der Waals surface area contributed by atoms with Crippen molar-refractivity contribution in [3.05, 3.63) is 23.8 Å². The Labute approximate surface area is 155 Å². The van der Waals surface area contributed by atoms with Gasteiger partial charge in [0.05, 0.1) is 20.3 Å². The van der Waals surface area contributed by atoms with E-state index in [1.807, 2.05) is 25.2 Å². The highest BCUT2D eigenvalue weighted by atomic mass is 16.5. The molecule has 6 heteroatoms. The van der Waals surface area contributed by atoms with Gasteiger partial charge in [-0.05, 0) is 31.4 Å². The molecule has 3 aliphatic rings. The van der Waals surface area contributed by atoms with Gasteiger partial charge in [-0.3, -0.25) is 4.99 Å². The molecule has 3 unspecified atom stereocenters. The molecular formula is C20H29N3O3. The highest BCUT2D eigenvalue weighted by Crippen LogP contribution is 2.62. The van der Waals surface area contributed by atoms with Gasteiger partial charge in [0.2, 0.25) is 0 Å². The number of rotatable bonds is 5. The summed E-state index contributed by atoms with van der Waals surface area (Å²) in [5.74, 6) is 3.09. The molecule has 1 aromatic carbocycles. The molecule has 1 aliphatic heterocycles. The average molecular weight is 359 g/mol. The van der Waals surface area contributed by atoms with Crippen molar-refractivity contribution in [2.75, 3.05) is 27.9 Å². The van der Waals surface area contributed by atoms with Gasteiger partial charge >= 0.3 is 0 Å². The summed E-state index contributed by atoms with van der Waals surface area (Å²) in [6, 6.07) is 6.36. The predicted octanol–water partition coefficient (Wildman–Crippen LogP) is 2.33. The predicted molar refractivity (Wildman–Crippen MR) is 101 cm³/mol. The van der Waals surface area contributed by atoms with E-state index in [1.54, 1.807) is 14.2 Å². The number of hydrogen-bond acceptors (Lipinski definition) is 4. The van der Waals surface area contributed by atoms with Crippen LogP contribution in [0.15, 0.2) is 23.2 Å². The van der Waals surface area contributed by atoms with Crippen molar-refractivity contribution in [3.63, 3.8) is 0 Å². The van der Waals surface area contributed by atoms with E-state index >= 15 is 0 Å². The minimum atomic E-state index is 0.344. The first kappa shape index (κ1) is 17.5. The van der Waals surface area contributed by atoms with Gasteiger partial charge in [-0.15, -0.1) is 0 Å². The SMILES string of the molecule is CN=C(NCc1ccc(OC)cc1OC)NC1C2CCOC2C12CCC2. The zero-order valence-corrected chi connectivity index (χ0v) is 15.9. The Balaban J connectivity index is 1.40. The van der Waals surface area contributed by atoms with E-state index in [-0.39, 0.29) is 0 Å². The van der Waals surface area contributed by atoms with Gasteiger partial charge in [-0.25, -0.2) is 0 Å². The van der Waals surface area contributed by atoms with E-state index in [4.69, 9.17) is 14.2 Å². The van der Waals surface area contributed by atoms with Crippen LogP contribution in [0.1, 0.15) is 31.2 Å². The summed E-state index contributed by atoms with van der Waals surface area (Å²) in [4.78, 5) is 4.44. The van der Waals surface area contributed by atoms with Gasteiger partial charge < -0.3 is 24.8 Å². The molecule has 4 rings (SSSR count). The van der Waals surface area contributed by atoms with Crippen molar-refractivity contribution < 1.29 is 14.2 Å². The number of hydrogen-bond donors (Lipinski definition) is 2. The largest absolute Gasteiger partial charge is 0.497 e. The van der Waals surface area contributed by atoms with Crippen LogP contribution in [0.4, 0.5) is 0 Å². The molecule has 1 aromatic rings. The summed E-state index contributed by atoms with van der Waals surface area (Å²) in [5.41, 5.74) is 1.42. The number of nitrogens with one attached hydrogen (secondary N) is 2. The van der Waals surface area contributed by atoms with Crippen LogP contribution in [-0.4, -0.2) is 46.0 Å². The Morgan fingerprint density at radius 1 is 1.31 bits per heavy atom. The summed E-state index contributed by atoms with van der Waals surface area (Å²) < 4.78 is 16.8. The zero-order valence-electron chi connectivity index (χ0n) is 15.9. The first-order valence-corrected chi connectivity index (χ1v) is 9.51. The lowest BCUT2D eigenvalue weighted by molar-refractivity contribution is -0.171. The molecule has 3 atom stereocenters. The number of nitrogens with zero attached hydrogens (tertiary/aromatic N) is 1. The van der Waals surface area contributed by atoms with Gasteiger partial charge in [-0.2, -0.15) is 0 Å². The van der Waals surface area contributed by atoms with Crippen LogP contribution in [0, 0.1) is 11.3 Å². The summed E-state index contributed by atoms with van der Waals surface area (Å²) >= 11 is 0. The molecule has 6 nitrogen and oxygen atoms in total. The third-order valence-electron chi connectivity index (χ3n) is 6.49. The molecule has 1 heterocycles. The molecule has 0 amide bonds. The van der Waals surface area contributed by atoms with E-state index in [9.17, 15) is 0 Å². The second kappa shape index (κ2) is 6.99. The van der Waals surface area contributed by atoms with Crippen molar-refractivity contribution in [2.24, 2.45) is 16.3 Å². The fraction of sp³-hybridized carbons (Fsp3) is 0.650. The average Bonchev–Trinajstić information content (AvgIpc) is 3.05. The van der Waals surface area contributed by atoms with E-state index in [0.29, 0.717) is 30.0 Å². The van der Waals surface area contributed by atoms with Crippen LogP contribution < -0.4 is 20.1 Å². The van der Waals surface area contributed by atoms with Crippen LogP contribution in [0.5, 0.6) is 11.5 Å². The Morgan fingerprint density at radius 3 is 2.81 bits per heavy atom. The fourth-order valence-corrected chi connectivity index (χ4v) is 4.97. The molecule has 2 aliphatic carbocycles. The normalized spacial score (nSPS) is 28.7. The number of methoxy groups -OCH3 is 2. The molecule has 142 valence electrons. The smallest absolute Gasteiger partial charge is 0.191 e. The highest BCUT2D eigenvalue weighted by molar-refractivity contribution is 5.80. The number of ether oxygens (including phenoxy) is 3. The first-order valence-electron chi connectivity index (χ1n) is 9.51. The number of guanidine groups is 1. The maximum Gasteiger partial charge on any atom is 0.191 e. The van der Waals surface area contributed by atoms with Crippen LogP contribution in [0.2, 0.25) is 0 Å². The zero-order chi connectivity index (χ0) is 18.1. The lowest BCUT2D eigenvalue weighted by atomic mass is 9.46. The first-order chi connectivity index (χ1) is 12.7. The molecule has 26 heavy (non-hydrogen) atoms. The molecular weight excluding hydrogens is 330 g/mol. The Kier molecular flexibility index (Phi) is 4.69. The minimum absolute atomic E-state index is 0.344. The molecule has 1 spiro atoms. The number of aliphatic imine (C=N–C) groups is 1. The Bertz CT molecular complexity index is 687. The van der Waals surface area contributed by atoms with Gasteiger partial charge in [0.25, 0.3) is 0 Å². The van der Waals surface area contributed by atoms with Crippen LogP contribution in [0.3, 0.4) is 0 Å². The van der Waals surface area contributed by atoms with E-state index in [0.717, 1.165) is 36.0 Å². The van der Waals surface area contributed by atoms with Crippen molar-refractivity contribution >= 4 is 5.96 Å². The fourth-order valence-electron chi connectivity index (χ4n) is 4.97. The third kappa shape index (κ3) is 2.71. The Hall–Kier alpha value is -1.95. The quantitative estimate of drug-likeness (QED) is 0.624. The van der Waals surface area contributed by atoms with Gasteiger partial charge in [0.1, 0.15) is 11.5 Å². The highest BCUT2D eigenvalue weighted by Gasteiger charge is 2.66. The lowest BCUT2D eigenvalue weighted by Crippen LogP contribution is -2.72. The summed E-state index contributed by atoms with van der Waals surface area (Å²) in [7, 11) is 5.17. The summed E-state index contributed by atoms with van der Waals surface area (Å²) in [6.45, 7) is 1.56. The second-order valence-electron chi connectivity index (χ2n) is 7.56. The van der Waals surface area contributed by atoms with Crippen LogP contribution in [-0.2, 0) is 11.3 Å². The summed E-state index contributed by atoms with van der Waals surface area (Å²) in [5, 5.41) is 7.13. The molecule has 0 bridgehead atoms. The van der Waals surface area contributed by atoms with Crippen molar-refractivity contribution in [2.45, 2.75) is 44.4 Å². The van der Waals surface area contributed by atoms with E-state index in [1.165, 1.54) is 19.3 Å². The minimum Gasteiger partial charge on any atom is -0.497 e. The summed E-state index contributed by atoms with van der Waals surface area (Å²) in [6.07, 6.45) is 5.49. The molecule has 1 saturated heterocycles. The van der Waals surface area contributed by atoms with E-state index < -0.39 is 0 Å². The Morgan fingerprint density at radius 2 is 2.15 bits per heavy atom. The molecule has 0 aromatic heterocycles. The molecule has 2 saturated carbocycles. The van der Waals surface area contributed by atoms with Gasteiger partial charge in [0, 0.05) is 49.2 Å². The maximum absolute atomic E-state index is 6.01.